The van der Waals surface area contributed by atoms with E-state index in [0.29, 0.717) is 28.7 Å². The van der Waals surface area contributed by atoms with Crippen molar-refractivity contribution in [1.29, 1.82) is 0 Å². The highest BCUT2D eigenvalue weighted by Gasteiger charge is 2.47. The number of nitrogens with one attached hydrogen (secondary N) is 1. The molecule has 0 bridgehead atoms. The smallest absolute Gasteiger partial charge is 0.273 e. The van der Waals surface area contributed by atoms with E-state index in [1.807, 2.05) is 0 Å². The Morgan fingerprint density at radius 2 is 2.17 bits per heavy atom. The molecule has 1 N–H and O–H groups in total. The minimum absolute atomic E-state index is 0.0104. The molecule has 0 spiro atoms. The third-order valence-electron chi connectivity index (χ3n) is 4.50. The Hall–Kier alpha value is -2.47. The number of aromatic nitrogens is 4. The lowest BCUT2D eigenvalue weighted by Gasteiger charge is -2.23. The Bertz CT molecular complexity index is 900. The van der Waals surface area contributed by atoms with Gasteiger partial charge in [-0.15, -0.1) is 16.4 Å². The van der Waals surface area contributed by atoms with Gasteiger partial charge in [-0.3, -0.25) is 9.59 Å². The number of methoxy groups -OCH3 is 1. The van der Waals surface area contributed by atoms with E-state index in [2.05, 4.69) is 20.6 Å². The highest BCUT2D eigenvalue weighted by Crippen LogP contribution is 2.35. The molecule has 3 rings (SSSR count). The Labute approximate surface area is 170 Å². The van der Waals surface area contributed by atoms with Crippen LogP contribution in [0.15, 0.2) is 6.20 Å². The molecule has 2 aromatic heterocycles. The van der Waals surface area contributed by atoms with E-state index in [1.54, 1.807) is 13.8 Å². The van der Waals surface area contributed by atoms with Crippen LogP contribution in [0.25, 0.3) is 0 Å². The van der Waals surface area contributed by atoms with Gasteiger partial charge in [0.05, 0.1) is 42.6 Å². The maximum absolute atomic E-state index is 14.1. The van der Waals surface area contributed by atoms with Crippen molar-refractivity contribution in [2.24, 2.45) is 0 Å². The molecule has 0 aromatic carbocycles. The van der Waals surface area contributed by atoms with Gasteiger partial charge >= 0.3 is 0 Å². The van der Waals surface area contributed by atoms with Gasteiger partial charge in [0.1, 0.15) is 4.88 Å². The van der Waals surface area contributed by atoms with Gasteiger partial charge in [0.2, 0.25) is 0 Å². The van der Waals surface area contributed by atoms with Crippen molar-refractivity contribution in [3.63, 3.8) is 0 Å². The van der Waals surface area contributed by atoms with Crippen molar-refractivity contribution in [3.8, 4) is 0 Å². The summed E-state index contributed by atoms with van der Waals surface area (Å²) < 4.78 is 34.4. The lowest BCUT2D eigenvalue weighted by Crippen LogP contribution is -2.38. The van der Waals surface area contributed by atoms with Crippen LogP contribution < -0.4 is 5.32 Å². The van der Waals surface area contributed by atoms with Crippen molar-refractivity contribution < 1.29 is 23.1 Å². The number of carbonyl (C=O) groups is 2. The maximum Gasteiger partial charge on any atom is 0.273 e. The first kappa shape index (κ1) is 21.2. The number of hydrogen-bond donors (Lipinski definition) is 1. The van der Waals surface area contributed by atoms with Gasteiger partial charge in [0.25, 0.3) is 17.7 Å². The van der Waals surface area contributed by atoms with Crippen LogP contribution in [-0.2, 0) is 11.3 Å². The number of alkyl halides is 2. The summed E-state index contributed by atoms with van der Waals surface area (Å²) >= 11 is 1.19. The fourth-order valence-corrected chi connectivity index (χ4v) is 4.10. The van der Waals surface area contributed by atoms with E-state index in [9.17, 15) is 18.4 Å². The number of aryl methyl sites for hydroxylation is 2. The molecule has 0 aliphatic carbocycles. The van der Waals surface area contributed by atoms with Crippen molar-refractivity contribution in [2.75, 3.05) is 26.8 Å². The molecule has 1 aliphatic rings. The minimum atomic E-state index is -2.99. The van der Waals surface area contributed by atoms with Gasteiger partial charge in [0, 0.05) is 20.1 Å². The number of halogens is 2. The summed E-state index contributed by atoms with van der Waals surface area (Å²) in [6.07, 6.45) is 0.897. The number of amides is 2. The number of thiazole rings is 1. The molecule has 0 unspecified atom stereocenters. The zero-order valence-electron chi connectivity index (χ0n) is 16.3. The molecular weight excluding hydrogens is 406 g/mol. The van der Waals surface area contributed by atoms with Crippen LogP contribution in [0.4, 0.5) is 8.78 Å². The Morgan fingerprint density at radius 1 is 1.41 bits per heavy atom. The van der Waals surface area contributed by atoms with Crippen molar-refractivity contribution >= 4 is 23.2 Å². The number of ether oxygens (including phenoxy) is 1. The quantitative estimate of drug-likeness (QED) is 0.667. The molecule has 1 fully saturated rings. The molecule has 9 nitrogen and oxygen atoms in total. The van der Waals surface area contributed by atoms with E-state index in [-0.39, 0.29) is 12.2 Å². The van der Waals surface area contributed by atoms with Crippen LogP contribution in [-0.4, -0.2) is 75.5 Å². The predicted molar refractivity (Wildman–Crippen MR) is 100 cm³/mol. The number of rotatable bonds is 7. The molecule has 0 saturated carbocycles. The summed E-state index contributed by atoms with van der Waals surface area (Å²) in [6, 6.07) is -0.773. The monoisotopic (exact) mass is 428 g/mol. The van der Waals surface area contributed by atoms with Crippen molar-refractivity contribution in [1.82, 2.24) is 30.2 Å². The molecular formula is C17H22F2N6O3S. The third kappa shape index (κ3) is 4.93. The molecule has 1 aliphatic heterocycles. The minimum Gasteiger partial charge on any atom is -0.383 e. The second-order valence-electron chi connectivity index (χ2n) is 6.87. The molecule has 158 valence electrons. The summed E-state index contributed by atoms with van der Waals surface area (Å²) in [5.74, 6) is -3.89. The Kier molecular flexibility index (Phi) is 6.22. The standard InChI is InChI=1S/C17H22F2N6O3S/c1-10-14(29-11(2)21-10)16(27)25-9-17(18,19)6-12(25)7-24-8-13(22-23-24)15(26)20-4-5-28-3/h8,12H,4-7,9H2,1-3H3,(H,20,26)/t12-/m0/s1. The normalized spacial score (nSPS) is 18.2. The van der Waals surface area contributed by atoms with E-state index in [0.717, 1.165) is 0 Å². The number of nitrogens with zero attached hydrogens (tertiary/aromatic N) is 5. The molecule has 1 saturated heterocycles. The summed E-state index contributed by atoms with van der Waals surface area (Å²) in [7, 11) is 1.52. The lowest BCUT2D eigenvalue weighted by atomic mass is 10.2. The second kappa shape index (κ2) is 8.49. The van der Waals surface area contributed by atoms with Crippen molar-refractivity contribution in [2.45, 2.75) is 38.8 Å². The first-order valence-electron chi connectivity index (χ1n) is 9.00. The van der Waals surface area contributed by atoms with Crippen LogP contribution >= 0.6 is 11.3 Å². The molecule has 1 atom stereocenters. The fourth-order valence-electron chi connectivity index (χ4n) is 3.22. The third-order valence-corrected chi connectivity index (χ3v) is 5.56. The fraction of sp³-hybridized carbons (Fsp3) is 0.588. The average molecular weight is 428 g/mol. The Balaban J connectivity index is 1.72. The lowest BCUT2D eigenvalue weighted by molar-refractivity contribution is 0.0118. The maximum atomic E-state index is 14.1. The molecule has 2 aromatic rings. The predicted octanol–water partition coefficient (Wildman–Crippen LogP) is 1.28. The molecule has 29 heavy (non-hydrogen) atoms. The van der Waals surface area contributed by atoms with Crippen LogP contribution in [0, 0.1) is 13.8 Å². The number of hydrogen-bond acceptors (Lipinski definition) is 7. The van der Waals surface area contributed by atoms with Crippen molar-refractivity contribution in [3.05, 3.63) is 27.5 Å². The summed E-state index contributed by atoms with van der Waals surface area (Å²) in [5, 5.41) is 10.9. The molecule has 2 amide bonds. The van der Waals surface area contributed by atoms with Gasteiger partial charge in [0.15, 0.2) is 5.69 Å². The van der Waals surface area contributed by atoms with E-state index < -0.39 is 36.7 Å². The highest BCUT2D eigenvalue weighted by atomic mass is 32.1. The summed E-state index contributed by atoms with van der Waals surface area (Å²) in [6.45, 7) is 3.46. The van der Waals surface area contributed by atoms with Crippen LogP contribution in [0.1, 0.15) is 37.3 Å². The van der Waals surface area contributed by atoms with Gasteiger partial charge in [-0.05, 0) is 13.8 Å². The molecule has 12 heteroatoms. The molecule has 0 radical (unpaired) electrons. The Morgan fingerprint density at radius 3 is 2.83 bits per heavy atom. The zero-order valence-corrected chi connectivity index (χ0v) is 17.1. The van der Waals surface area contributed by atoms with Gasteiger partial charge < -0.3 is 15.0 Å². The second-order valence-corrected chi connectivity index (χ2v) is 8.07. The van der Waals surface area contributed by atoms with Gasteiger partial charge in [-0.25, -0.2) is 18.4 Å². The molecule has 3 heterocycles. The van der Waals surface area contributed by atoms with E-state index in [1.165, 1.54) is 34.2 Å². The van der Waals surface area contributed by atoms with Gasteiger partial charge in [-0.2, -0.15) is 0 Å². The van der Waals surface area contributed by atoms with Crippen LogP contribution in [0.2, 0.25) is 0 Å². The number of carbonyl (C=O) groups excluding carboxylic acids is 2. The van der Waals surface area contributed by atoms with E-state index in [4.69, 9.17) is 4.74 Å². The highest BCUT2D eigenvalue weighted by molar-refractivity contribution is 7.13. The SMILES string of the molecule is COCCNC(=O)c1cn(C[C@@H]2CC(F)(F)CN2C(=O)c2sc(C)nc2C)nn1. The van der Waals surface area contributed by atoms with Crippen LogP contribution in [0.5, 0.6) is 0 Å². The average Bonchev–Trinajstić information content (AvgIpc) is 3.32. The number of likely N-dealkylation sites (tertiary alicyclic amines) is 1. The zero-order chi connectivity index (χ0) is 21.2. The summed E-state index contributed by atoms with van der Waals surface area (Å²) in [5.41, 5.74) is 0.597. The van der Waals surface area contributed by atoms with Gasteiger partial charge in [-0.1, -0.05) is 5.21 Å². The topological polar surface area (TPSA) is 102 Å². The van der Waals surface area contributed by atoms with E-state index >= 15 is 0 Å². The van der Waals surface area contributed by atoms with Crippen LogP contribution in [0.3, 0.4) is 0 Å². The first-order valence-corrected chi connectivity index (χ1v) is 9.82. The largest absolute Gasteiger partial charge is 0.383 e. The summed E-state index contributed by atoms with van der Waals surface area (Å²) in [4.78, 5) is 30.6. The first-order chi connectivity index (χ1) is 13.7.